The molecule has 1 atom stereocenters. The summed E-state index contributed by atoms with van der Waals surface area (Å²) in [5.41, 5.74) is 0.550. The van der Waals surface area contributed by atoms with Gasteiger partial charge >= 0.3 is 0 Å². The van der Waals surface area contributed by atoms with Gasteiger partial charge in [-0.15, -0.1) is 0 Å². The fraction of sp³-hybridized carbons (Fsp3) is 0.632. The molecule has 0 aromatic heterocycles. The van der Waals surface area contributed by atoms with Crippen molar-refractivity contribution in [3.05, 3.63) is 29.3 Å². The lowest BCUT2D eigenvalue weighted by Crippen LogP contribution is -2.59. The minimum atomic E-state index is -0.391. The molecule has 1 aromatic carbocycles. The Morgan fingerprint density at radius 2 is 1.80 bits per heavy atom. The Labute approximate surface area is 155 Å². The molecule has 0 radical (unpaired) electrons. The van der Waals surface area contributed by atoms with E-state index in [0.717, 1.165) is 64.4 Å². The molecular formula is C19H28ClN3O2. The molecule has 2 fully saturated rings. The molecule has 3 rings (SSSR count). The summed E-state index contributed by atoms with van der Waals surface area (Å²) >= 11 is 5.97. The molecule has 0 bridgehead atoms. The zero-order valence-electron chi connectivity index (χ0n) is 15.2. The number of amides is 1. The lowest BCUT2D eigenvalue weighted by molar-refractivity contribution is -0.128. The number of piperazine rings is 1. The average molecular weight is 366 g/mol. The normalized spacial score (nSPS) is 25.7. The van der Waals surface area contributed by atoms with Crippen LogP contribution in [0.5, 0.6) is 0 Å². The number of halogens is 1. The van der Waals surface area contributed by atoms with Gasteiger partial charge in [-0.05, 0) is 44.0 Å². The predicted octanol–water partition coefficient (Wildman–Crippen LogP) is 2.49. The summed E-state index contributed by atoms with van der Waals surface area (Å²) in [6.45, 7) is 8.70. The molecule has 0 saturated carbocycles. The van der Waals surface area contributed by atoms with Crippen molar-refractivity contribution < 1.29 is 9.53 Å². The molecule has 0 aliphatic carbocycles. The van der Waals surface area contributed by atoms with Gasteiger partial charge in [-0.25, -0.2) is 0 Å². The first-order chi connectivity index (χ1) is 12.0. The average Bonchev–Trinajstić information content (AvgIpc) is 2.93. The van der Waals surface area contributed by atoms with Gasteiger partial charge in [-0.3, -0.25) is 9.69 Å². The van der Waals surface area contributed by atoms with E-state index in [1.54, 1.807) is 7.11 Å². The largest absolute Gasteiger partial charge is 0.385 e. The van der Waals surface area contributed by atoms with Crippen molar-refractivity contribution >= 4 is 23.2 Å². The number of carbonyl (C=O) groups excluding carboxylic acids is 1. The third-order valence-corrected chi connectivity index (χ3v) is 5.81. The van der Waals surface area contributed by atoms with Gasteiger partial charge in [0.25, 0.3) is 0 Å². The molecule has 5 nitrogen and oxygen atoms in total. The number of anilines is 1. The zero-order chi connectivity index (χ0) is 17.9. The maximum Gasteiger partial charge on any atom is 0.247 e. The van der Waals surface area contributed by atoms with Gasteiger partial charge in [0.05, 0.1) is 5.54 Å². The van der Waals surface area contributed by atoms with Gasteiger partial charge in [0.15, 0.2) is 0 Å². The molecule has 1 unspecified atom stereocenters. The summed E-state index contributed by atoms with van der Waals surface area (Å²) in [5.74, 6) is 0.211. The number of carbonyl (C=O) groups is 1. The van der Waals surface area contributed by atoms with Crippen LogP contribution in [0.2, 0.25) is 5.02 Å². The molecule has 2 heterocycles. The standard InChI is InChI=1S/C19H28ClN3O2/c1-19(22-13-11-21(12-14-22)9-3-15-25-2)8-10-23(18(19)24)17-6-4-16(20)5-7-17/h4-7H,3,8-15H2,1-2H3. The van der Waals surface area contributed by atoms with E-state index in [0.29, 0.717) is 5.02 Å². The Hall–Kier alpha value is -1.14. The van der Waals surface area contributed by atoms with Crippen molar-refractivity contribution in [2.45, 2.75) is 25.3 Å². The Morgan fingerprint density at radius 1 is 1.12 bits per heavy atom. The maximum atomic E-state index is 13.1. The van der Waals surface area contributed by atoms with E-state index in [1.807, 2.05) is 29.2 Å². The van der Waals surface area contributed by atoms with Crippen LogP contribution in [-0.2, 0) is 9.53 Å². The van der Waals surface area contributed by atoms with E-state index in [-0.39, 0.29) is 5.91 Å². The molecule has 25 heavy (non-hydrogen) atoms. The van der Waals surface area contributed by atoms with Crippen LogP contribution in [0.15, 0.2) is 24.3 Å². The molecule has 2 aliphatic rings. The Morgan fingerprint density at radius 3 is 2.44 bits per heavy atom. The third kappa shape index (κ3) is 4.00. The fourth-order valence-corrected chi connectivity index (χ4v) is 4.01. The number of hydrogen-bond acceptors (Lipinski definition) is 4. The summed E-state index contributed by atoms with van der Waals surface area (Å²) < 4.78 is 5.13. The van der Waals surface area contributed by atoms with Gasteiger partial charge in [-0.1, -0.05) is 11.6 Å². The van der Waals surface area contributed by atoms with Crippen molar-refractivity contribution in [2.75, 3.05) is 57.9 Å². The second-order valence-electron chi connectivity index (χ2n) is 7.13. The van der Waals surface area contributed by atoms with Gasteiger partial charge in [0, 0.05) is 63.7 Å². The second kappa shape index (κ2) is 8.04. The zero-order valence-corrected chi connectivity index (χ0v) is 16.0. The van der Waals surface area contributed by atoms with E-state index >= 15 is 0 Å². The first-order valence-electron chi connectivity index (χ1n) is 9.08. The highest BCUT2D eigenvalue weighted by Gasteiger charge is 2.48. The number of rotatable bonds is 6. The van der Waals surface area contributed by atoms with Gasteiger partial charge in [0.1, 0.15) is 0 Å². The van der Waals surface area contributed by atoms with Crippen LogP contribution < -0.4 is 4.90 Å². The number of hydrogen-bond donors (Lipinski definition) is 0. The summed E-state index contributed by atoms with van der Waals surface area (Å²) in [7, 11) is 1.75. The van der Waals surface area contributed by atoms with E-state index in [2.05, 4.69) is 16.7 Å². The third-order valence-electron chi connectivity index (χ3n) is 5.56. The molecule has 0 N–H and O–H groups in total. The van der Waals surface area contributed by atoms with E-state index < -0.39 is 5.54 Å². The highest BCUT2D eigenvalue weighted by molar-refractivity contribution is 6.30. The van der Waals surface area contributed by atoms with E-state index in [1.165, 1.54) is 0 Å². The lowest BCUT2D eigenvalue weighted by Gasteiger charge is -2.42. The first kappa shape index (κ1) is 18.6. The molecule has 2 saturated heterocycles. The molecule has 138 valence electrons. The van der Waals surface area contributed by atoms with Gasteiger partial charge < -0.3 is 14.5 Å². The van der Waals surface area contributed by atoms with Crippen LogP contribution in [0.1, 0.15) is 19.8 Å². The van der Waals surface area contributed by atoms with Crippen LogP contribution in [0, 0.1) is 0 Å². The van der Waals surface area contributed by atoms with Crippen molar-refractivity contribution in [2.24, 2.45) is 0 Å². The fourth-order valence-electron chi connectivity index (χ4n) is 3.89. The lowest BCUT2D eigenvalue weighted by atomic mass is 9.97. The number of benzene rings is 1. The van der Waals surface area contributed by atoms with Crippen molar-refractivity contribution in [1.29, 1.82) is 0 Å². The van der Waals surface area contributed by atoms with Crippen LogP contribution in [-0.4, -0.2) is 74.2 Å². The predicted molar refractivity (Wildman–Crippen MR) is 101 cm³/mol. The smallest absolute Gasteiger partial charge is 0.247 e. The molecule has 1 aromatic rings. The SMILES string of the molecule is COCCCN1CCN(C2(C)CCN(c3ccc(Cl)cc3)C2=O)CC1. The number of ether oxygens (including phenoxy) is 1. The monoisotopic (exact) mass is 365 g/mol. The summed E-state index contributed by atoms with van der Waals surface area (Å²) in [5, 5.41) is 0.697. The van der Waals surface area contributed by atoms with Crippen LogP contribution in [0.4, 0.5) is 5.69 Å². The quantitative estimate of drug-likeness (QED) is 0.726. The second-order valence-corrected chi connectivity index (χ2v) is 7.57. The van der Waals surface area contributed by atoms with Crippen molar-refractivity contribution in [3.63, 3.8) is 0 Å². The molecular weight excluding hydrogens is 338 g/mol. The van der Waals surface area contributed by atoms with Crippen molar-refractivity contribution in [1.82, 2.24) is 9.80 Å². The summed E-state index contributed by atoms with van der Waals surface area (Å²) in [6, 6.07) is 7.55. The molecule has 6 heteroatoms. The summed E-state index contributed by atoms with van der Waals surface area (Å²) in [4.78, 5) is 19.9. The van der Waals surface area contributed by atoms with E-state index in [4.69, 9.17) is 16.3 Å². The van der Waals surface area contributed by atoms with Crippen LogP contribution in [0.25, 0.3) is 0 Å². The van der Waals surface area contributed by atoms with Gasteiger partial charge in [0.2, 0.25) is 5.91 Å². The minimum Gasteiger partial charge on any atom is -0.385 e. The minimum absolute atomic E-state index is 0.211. The topological polar surface area (TPSA) is 36.0 Å². The number of nitrogens with zero attached hydrogens (tertiary/aromatic N) is 3. The highest BCUT2D eigenvalue weighted by atomic mass is 35.5. The first-order valence-corrected chi connectivity index (χ1v) is 9.46. The van der Waals surface area contributed by atoms with E-state index in [9.17, 15) is 4.79 Å². The van der Waals surface area contributed by atoms with Crippen molar-refractivity contribution in [3.8, 4) is 0 Å². The molecule has 0 spiro atoms. The van der Waals surface area contributed by atoms with Crippen LogP contribution >= 0.6 is 11.6 Å². The Balaban J connectivity index is 1.59. The Kier molecular flexibility index (Phi) is 6.00. The van der Waals surface area contributed by atoms with Gasteiger partial charge in [-0.2, -0.15) is 0 Å². The highest BCUT2D eigenvalue weighted by Crippen LogP contribution is 2.33. The van der Waals surface area contributed by atoms with Crippen LogP contribution in [0.3, 0.4) is 0 Å². The Bertz CT molecular complexity index is 587. The molecule has 2 aliphatic heterocycles. The maximum absolute atomic E-state index is 13.1. The summed E-state index contributed by atoms with van der Waals surface area (Å²) in [6.07, 6.45) is 1.94. The number of methoxy groups -OCH3 is 1. The molecule has 1 amide bonds.